The van der Waals surface area contributed by atoms with Gasteiger partial charge in [0.25, 0.3) is 0 Å². The van der Waals surface area contributed by atoms with Crippen molar-refractivity contribution in [1.29, 1.82) is 0 Å². The first-order valence-electron chi connectivity index (χ1n) is 9.65. The van der Waals surface area contributed by atoms with Gasteiger partial charge < -0.3 is 9.84 Å². The standard InChI is InChI=1S/C22H21FN6O/c1-4-17-14(3)29-30-21(17)18-11-27-22(26-10-15-5-7-16(23)8-6-15)28-20(18)19-12-24-13(2)9-25-19/h5-9,11-12H,4,10H2,1-3H3,(H,26,27,28). The molecular formula is C22H21FN6O. The van der Waals surface area contributed by atoms with Crippen molar-refractivity contribution in [3.8, 4) is 22.7 Å². The van der Waals surface area contributed by atoms with E-state index in [0.29, 0.717) is 35.2 Å². The predicted octanol–water partition coefficient (Wildman–Crippen LogP) is 4.52. The highest BCUT2D eigenvalue weighted by atomic mass is 19.1. The first-order chi connectivity index (χ1) is 14.5. The fourth-order valence-electron chi connectivity index (χ4n) is 3.14. The van der Waals surface area contributed by atoms with E-state index in [4.69, 9.17) is 4.52 Å². The van der Waals surface area contributed by atoms with Gasteiger partial charge in [-0.05, 0) is 38.0 Å². The van der Waals surface area contributed by atoms with Crippen molar-refractivity contribution in [2.75, 3.05) is 5.32 Å². The maximum atomic E-state index is 13.1. The molecule has 3 heterocycles. The van der Waals surface area contributed by atoms with Crippen molar-refractivity contribution >= 4 is 5.95 Å². The smallest absolute Gasteiger partial charge is 0.223 e. The molecule has 0 unspecified atom stereocenters. The molecule has 152 valence electrons. The first-order valence-corrected chi connectivity index (χ1v) is 9.65. The molecule has 0 fully saturated rings. The number of hydrogen-bond donors (Lipinski definition) is 1. The van der Waals surface area contributed by atoms with Crippen LogP contribution in [0.1, 0.15) is 29.4 Å². The van der Waals surface area contributed by atoms with Crippen molar-refractivity contribution in [2.24, 2.45) is 0 Å². The predicted molar refractivity (Wildman–Crippen MR) is 111 cm³/mol. The number of aromatic nitrogens is 5. The summed E-state index contributed by atoms with van der Waals surface area (Å²) < 4.78 is 18.7. The van der Waals surface area contributed by atoms with E-state index in [1.54, 1.807) is 30.7 Å². The Kier molecular flexibility index (Phi) is 5.47. The van der Waals surface area contributed by atoms with E-state index in [9.17, 15) is 4.39 Å². The fraction of sp³-hybridized carbons (Fsp3) is 0.227. The van der Waals surface area contributed by atoms with Crippen LogP contribution in [0.2, 0.25) is 0 Å². The third-order valence-corrected chi connectivity index (χ3v) is 4.76. The molecule has 7 nitrogen and oxygen atoms in total. The Morgan fingerprint density at radius 3 is 2.50 bits per heavy atom. The van der Waals surface area contributed by atoms with E-state index in [0.717, 1.165) is 28.9 Å². The largest absolute Gasteiger partial charge is 0.356 e. The molecule has 4 rings (SSSR count). The molecule has 0 atom stereocenters. The van der Waals surface area contributed by atoms with Crippen LogP contribution in [0.3, 0.4) is 0 Å². The lowest BCUT2D eigenvalue weighted by molar-refractivity contribution is 0.426. The molecule has 0 bridgehead atoms. The van der Waals surface area contributed by atoms with Gasteiger partial charge in [0.1, 0.15) is 17.2 Å². The minimum Gasteiger partial charge on any atom is -0.356 e. The monoisotopic (exact) mass is 404 g/mol. The Labute approximate surface area is 173 Å². The Morgan fingerprint density at radius 1 is 1.00 bits per heavy atom. The van der Waals surface area contributed by atoms with Crippen molar-refractivity contribution in [3.63, 3.8) is 0 Å². The van der Waals surface area contributed by atoms with Gasteiger partial charge in [-0.2, -0.15) is 0 Å². The van der Waals surface area contributed by atoms with Gasteiger partial charge >= 0.3 is 0 Å². The molecule has 0 saturated carbocycles. The molecule has 8 heteroatoms. The van der Waals surface area contributed by atoms with Gasteiger partial charge in [-0.1, -0.05) is 24.2 Å². The summed E-state index contributed by atoms with van der Waals surface area (Å²) in [5.41, 5.74) is 5.49. The molecule has 0 radical (unpaired) electrons. The van der Waals surface area contributed by atoms with Crippen LogP contribution in [-0.4, -0.2) is 25.1 Å². The number of rotatable bonds is 6. The molecule has 0 aliphatic heterocycles. The second kappa shape index (κ2) is 8.36. The van der Waals surface area contributed by atoms with Crippen LogP contribution in [0.15, 0.2) is 47.4 Å². The van der Waals surface area contributed by atoms with E-state index >= 15 is 0 Å². The molecule has 3 aromatic heterocycles. The van der Waals surface area contributed by atoms with Crippen LogP contribution in [0.4, 0.5) is 10.3 Å². The summed E-state index contributed by atoms with van der Waals surface area (Å²) in [6.45, 7) is 6.30. The maximum Gasteiger partial charge on any atom is 0.223 e. The Morgan fingerprint density at radius 2 is 1.80 bits per heavy atom. The van der Waals surface area contributed by atoms with Crippen LogP contribution in [0.25, 0.3) is 22.7 Å². The molecule has 30 heavy (non-hydrogen) atoms. The van der Waals surface area contributed by atoms with E-state index in [2.05, 4.69) is 30.4 Å². The molecule has 0 saturated heterocycles. The summed E-state index contributed by atoms with van der Waals surface area (Å²) in [5, 5.41) is 7.28. The van der Waals surface area contributed by atoms with Crippen LogP contribution in [0.5, 0.6) is 0 Å². The SMILES string of the molecule is CCc1c(C)noc1-c1cnc(NCc2ccc(F)cc2)nc1-c1cnc(C)cn1. The summed E-state index contributed by atoms with van der Waals surface area (Å²) in [4.78, 5) is 17.9. The number of nitrogens with one attached hydrogen (secondary N) is 1. The quantitative estimate of drug-likeness (QED) is 0.505. The number of hydrogen-bond acceptors (Lipinski definition) is 7. The van der Waals surface area contributed by atoms with Gasteiger partial charge in [0.15, 0.2) is 5.76 Å². The van der Waals surface area contributed by atoms with E-state index in [1.807, 2.05) is 20.8 Å². The molecule has 1 N–H and O–H groups in total. The van der Waals surface area contributed by atoms with Crippen LogP contribution in [0, 0.1) is 19.7 Å². The number of anilines is 1. The molecule has 1 aromatic carbocycles. The van der Waals surface area contributed by atoms with Gasteiger partial charge in [0, 0.05) is 24.5 Å². The summed E-state index contributed by atoms with van der Waals surface area (Å²) in [6.07, 6.45) is 5.85. The number of benzene rings is 1. The zero-order valence-corrected chi connectivity index (χ0v) is 17.0. The fourth-order valence-corrected chi connectivity index (χ4v) is 3.14. The van der Waals surface area contributed by atoms with Gasteiger partial charge in [-0.3, -0.25) is 9.97 Å². The normalized spacial score (nSPS) is 10.9. The van der Waals surface area contributed by atoms with Gasteiger partial charge in [-0.25, -0.2) is 14.4 Å². The average molecular weight is 404 g/mol. The Bertz CT molecular complexity index is 1160. The number of halogens is 1. The van der Waals surface area contributed by atoms with E-state index in [-0.39, 0.29) is 5.82 Å². The van der Waals surface area contributed by atoms with Crippen molar-refractivity contribution in [3.05, 3.63) is 71.2 Å². The molecule has 0 aliphatic carbocycles. The second-order valence-corrected chi connectivity index (χ2v) is 6.91. The highest BCUT2D eigenvalue weighted by molar-refractivity contribution is 5.78. The minimum absolute atomic E-state index is 0.270. The summed E-state index contributed by atoms with van der Waals surface area (Å²) >= 11 is 0. The van der Waals surface area contributed by atoms with Crippen molar-refractivity contribution < 1.29 is 8.91 Å². The van der Waals surface area contributed by atoms with E-state index < -0.39 is 0 Å². The molecule has 0 amide bonds. The minimum atomic E-state index is -0.270. The lowest BCUT2D eigenvalue weighted by atomic mass is 10.0. The molecule has 4 aromatic rings. The topological polar surface area (TPSA) is 89.6 Å². The Hall–Kier alpha value is -3.68. The maximum absolute atomic E-state index is 13.1. The lowest BCUT2D eigenvalue weighted by Crippen LogP contribution is -2.06. The first kappa shape index (κ1) is 19.6. The second-order valence-electron chi connectivity index (χ2n) is 6.91. The van der Waals surface area contributed by atoms with Crippen LogP contribution in [-0.2, 0) is 13.0 Å². The average Bonchev–Trinajstić information content (AvgIpc) is 3.14. The lowest BCUT2D eigenvalue weighted by Gasteiger charge is -2.10. The summed E-state index contributed by atoms with van der Waals surface area (Å²) in [6, 6.07) is 6.28. The van der Waals surface area contributed by atoms with Crippen molar-refractivity contribution in [2.45, 2.75) is 33.7 Å². The van der Waals surface area contributed by atoms with Crippen LogP contribution < -0.4 is 5.32 Å². The highest BCUT2D eigenvalue weighted by Gasteiger charge is 2.20. The summed E-state index contributed by atoms with van der Waals surface area (Å²) in [7, 11) is 0. The van der Waals surface area contributed by atoms with Crippen LogP contribution >= 0.6 is 0 Å². The third kappa shape index (κ3) is 4.03. The van der Waals surface area contributed by atoms with Gasteiger partial charge in [0.2, 0.25) is 5.95 Å². The zero-order valence-electron chi connectivity index (χ0n) is 17.0. The van der Waals surface area contributed by atoms with E-state index in [1.165, 1.54) is 12.1 Å². The molecular weight excluding hydrogens is 383 g/mol. The Balaban J connectivity index is 1.73. The number of aryl methyl sites for hydroxylation is 2. The molecule has 0 spiro atoms. The highest BCUT2D eigenvalue weighted by Crippen LogP contribution is 2.33. The van der Waals surface area contributed by atoms with Gasteiger partial charge in [-0.15, -0.1) is 0 Å². The van der Waals surface area contributed by atoms with Crippen molar-refractivity contribution in [1.82, 2.24) is 25.1 Å². The summed E-state index contributed by atoms with van der Waals surface area (Å²) in [5.74, 6) is 0.792. The molecule has 0 aliphatic rings. The zero-order chi connectivity index (χ0) is 21.1. The van der Waals surface area contributed by atoms with Gasteiger partial charge in [0.05, 0.1) is 23.1 Å². The number of nitrogens with zero attached hydrogens (tertiary/aromatic N) is 5. The third-order valence-electron chi connectivity index (χ3n) is 4.76.